The molecule has 2 unspecified atom stereocenters. The molecule has 7 nitrogen and oxygen atoms in total. The number of carbonyl (C=O) groups excluding carboxylic acids is 1. The van der Waals surface area contributed by atoms with Gasteiger partial charge in [0.15, 0.2) is 5.82 Å². The zero-order valence-electron chi connectivity index (χ0n) is 25.5. The van der Waals surface area contributed by atoms with Crippen LogP contribution in [-0.2, 0) is 11.3 Å². The van der Waals surface area contributed by atoms with E-state index in [1.807, 2.05) is 68.5 Å². The van der Waals surface area contributed by atoms with E-state index in [2.05, 4.69) is 59.7 Å². The highest BCUT2D eigenvalue weighted by atomic mass is 16.5. The molecule has 1 saturated carbocycles. The van der Waals surface area contributed by atoms with Crippen molar-refractivity contribution in [3.63, 3.8) is 0 Å². The maximum Gasteiger partial charge on any atom is 0.407 e. The SMILES string of the molecule is CC.[CH2]OC(=O)NCC1CCCC(CNc2nc(/C=C/c3ccc(OCc4ccccc4)cc3)nc3ccc(C)cc23)C1. The number of anilines is 1. The normalized spacial score (nSPS) is 16.3. The molecule has 0 aliphatic heterocycles. The van der Waals surface area contributed by atoms with Gasteiger partial charge in [0.1, 0.15) is 25.3 Å². The van der Waals surface area contributed by atoms with Gasteiger partial charge in [-0.05, 0) is 79.5 Å². The first-order valence-electron chi connectivity index (χ1n) is 15.2. The second kappa shape index (κ2) is 16.3. The molecule has 0 bridgehead atoms. The standard InChI is InChI=1S/C34H37N4O3.C2H6/c1-24-11-17-31-30(19-24)33(35-21-27-9-6-10-28(20-27)22-36-34(39)40-2)38-32(37-31)18-14-25-12-15-29(16-13-25)41-23-26-7-4-3-5-8-26;1-2/h3-5,7-8,11-19,27-28H,2,6,9-10,20-23H2,1H3,(H,36,39)(H,35,37,38);1-2H3/b18-14+;. The van der Waals surface area contributed by atoms with Gasteiger partial charge >= 0.3 is 6.09 Å². The minimum Gasteiger partial charge on any atom is -0.489 e. The lowest BCUT2D eigenvalue weighted by molar-refractivity contribution is 0.177. The number of ether oxygens (including phenoxy) is 2. The lowest BCUT2D eigenvalue weighted by Crippen LogP contribution is -2.32. The van der Waals surface area contributed by atoms with E-state index < -0.39 is 6.09 Å². The topological polar surface area (TPSA) is 85.4 Å². The fraction of sp³-hybridized carbons (Fsp3) is 0.333. The van der Waals surface area contributed by atoms with Gasteiger partial charge in [-0.1, -0.05) is 80.4 Å². The molecule has 1 aromatic heterocycles. The molecule has 1 fully saturated rings. The van der Waals surface area contributed by atoms with E-state index in [-0.39, 0.29) is 0 Å². The summed E-state index contributed by atoms with van der Waals surface area (Å²) in [5.74, 6) is 3.28. The Hall–Kier alpha value is -4.39. The molecular weight excluding hydrogens is 536 g/mol. The van der Waals surface area contributed by atoms with Crippen LogP contribution in [0.4, 0.5) is 10.6 Å². The van der Waals surface area contributed by atoms with Crippen molar-refractivity contribution in [2.24, 2.45) is 11.8 Å². The van der Waals surface area contributed by atoms with Crippen LogP contribution in [0.3, 0.4) is 0 Å². The molecule has 7 heteroatoms. The number of nitrogens with zero attached hydrogens (tertiary/aromatic N) is 2. The van der Waals surface area contributed by atoms with Crippen LogP contribution in [0.5, 0.6) is 5.75 Å². The second-order valence-electron chi connectivity index (χ2n) is 10.7. The summed E-state index contributed by atoms with van der Waals surface area (Å²) in [6.45, 7) is 8.07. The van der Waals surface area contributed by atoms with Gasteiger partial charge in [0, 0.05) is 18.5 Å². The largest absolute Gasteiger partial charge is 0.489 e. The highest BCUT2D eigenvalue weighted by Gasteiger charge is 2.23. The number of benzene rings is 3. The van der Waals surface area contributed by atoms with Gasteiger partial charge in [-0.2, -0.15) is 0 Å². The number of amides is 1. The fourth-order valence-electron chi connectivity index (χ4n) is 5.35. The third kappa shape index (κ3) is 9.57. The lowest BCUT2D eigenvalue weighted by atomic mass is 9.81. The predicted molar refractivity (Wildman–Crippen MR) is 176 cm³/mol. The van der Waals surface area contributed by atoms with Crippen molar-refractivity contribution >= 4 is 35.0 Å². The van der Waals surface area contributed by atoms with Crippen molar-refractivity contribution in [2.45, 2.75) is 53.1 Å². The molecule has 2 N–H and O–H groups in total. The molecule has 0 saturated heterocycles. The third-order valence-electron chi connectivity index (χ3n) is 7.54. The number of rotatable bonds is 10. The van der Waals surface area contributed by atoms with Crippen molar-refractivity contribution in [3.05, 3.63) is 102 Å². The van der Waals surface area contributed by atoms with E-state index in [0.717, 1.165) is 65.8 Å². The average Bonchev–Trinajstić information content (AvgIpc) is 3.06. The summed E-state index contributed by atoms with van der Waals surface area (Å²) in [5, 5.41) is 7.45. The third-order valence-corrected chi connectivity index (χ3v) is 7.54. The zero-order valence-corrected chi connectivity index (χ0v) is 25.5. The summed E-state index contributed by atoms with van der Waals surface area (Å²) in [6.07, 6.45) is 7.96. The Morgan fingerprint density at radius 1 is 0.953 bits per heavy atom. The van der Waals surface area contributed by atoms with Crippen molar-refractivity contribution in [2.75, 3.05) is 18.4 Å². The molecule has 225 valence electrons. The maximum absolute atomic E-state index is 11.4. The van der Waals surface area contributed by atoms with E-state index in [4.69, 9.17) is 14.7 Å². The van der Waals surface area contributed by atoms with E-state index in [9.17, 15) is 4.79 Å². The van der Waals surface area contributed by atoms with Gasteiger partial charge in [0.25, 0.3) is 0 Å². The molecule has 43 heavy (non-hydrogen) atoms. The maximum atomic E-state index is 11.4. The Bertz CT molecular complexity index is 1470. The number of aromatic nitrogens is 2. The molecule has 1 amide bonds. The molecule has 5 rings (SSSR count). The smallest absolute Gasteiger partial charge is 0.407 e. The van der Waals surface area contributed by atoms with Gasteiger partial charge in [0.2, 0.25) is 0 Å². The lowest BCUT2D eigenvalue weighted by Gasteiger charge is -2.29. The van der Waals surface area contributed by atoms with Crippen LogP contribution in [0.25, 0.3) is 23.1 Å². The number of carbonyl (C=O) groups is 1. The van der Waals surface area contributed by atoms with Crippen molar-refractivity contribution < 1.29 is 14.3 Å². The second-order valence-corrected chi connectivity index (χ2v) is 10.7. The summed E-state index contributed by atoms with van der Waals surface area (Å²) >= 11 is 0. The summed E-state index contributed by atoms with van der Waals surface area (Å²) in [5.41, 5.74) is 4.27. The monoisotopic (exact) mass is 579 g/mol. The van der Waals surface area contributed by atoms with Crippen molar-refractivity contribution in [3.8, 4) is 5.75 Å². The highest BCUT2D eigenvalue weighted by molar-refractivity contribution is 5.90. The van der Waals surface area contributed by atoms with Crippen LogP contribution in [-0.4, -0.2) is 29.2 Å². The fourth-order valence-corrected chi connectivity index (χ4v) is 5.35. The van der Waals surface area contributed by atoms with Gasteiger partial charge < -0.3 is 20.1 Å². The van der Waals surface area contributed by atoms with Crippen molar-refractivity contribution in [1.29, 1.82) is 0 Å². The van der Waals surface area contributed by atoms with E-state index in [1.54, 1.807) is 0 Å². The molecule has 1 radical (unpaired) electrons. The Balaban J connectivity index is 0.00000207. The zero-order chi connectivity index (χ0) is 30.4. The molecule has 1 heterocycles. The minimum absolute atomic E-state index is 0.438. The first kappa shape index (κ1) is 31.5. The molecule has 3 aromatic carbocycles. The van der Waals surface area contributed by atoms with Gasteiger partial charge in [-0.15, -0.1) is 0 Å². The number of aryl methyl sites for hydroxylation is 1. The van der Waals surface area contributed by atoms with E-state index in [1.165, 1.54) is 5.56 Å². The first-order valence-corrected chi connectivity index (χ1v) is 15.2. The van der Waals surface area contributed by atoms with E-state index >= 15 is 0 Å². The van der Waals surface area contributed by atoms with Crippen LogP contribution >= 0.6 is 0 Å². The summed E-state index contributed by atoms with van der Waals surface area (Å²) in [4.78, 5) is 21.1. The Morgan fingerprint density at radius 3 is 2.44 bits per heavy atom. The molecule has 1 aliphatic carbocycles. The number of nitrogens with one attached hydrogen (secondary N) is 2. The molecule has 1 aliphatic rings. The molecule has 2 atom stereocenters. The Morgan fingerprint density at radius 2 is 1.70 bits per heavy atom. The number of hydrogen-bond acceptors (Lipinski definition) is 6. The van der Waals surface area contributed by atoms with Crippen LogP contribution in [0, 0.1) is 25.9 Å². The number of hydrogen-bond donors (Lipinski definition) is 2. The minimum atomic E-state index is -0.471. The van der Waals surface area contributed by atoms with Crippen molar-refractivity contribution in [1.82, 2.24) is 15.3 Å². The average molecular weight is 580 g/mol. The molecular formula is C36H43N4O3. The summed E-state index contributed by atoms with van der Waals surface area (Å²) in [6, 6.07) is 24.4. The summed E-state index contributed by atoms with van der Waals surface area (Å²) < 4.78 is 10.4. The van der Waals surface area contributed by atoms with Gasteiger partial charge in [0.05, 0.1) is 5.52 Å². The Labute approximate surface area is 255 Å². The highest BCUT2D eigenvalue weighted by Crippen LogP contribution is 2.30. The van der Waals surface area contributed by atoms with Crippen LogP contribution in [0.15, 0.2) is 72.8 Å². The van der Waals surface area contributed by atoms with Crippen LogP contribution < -0.4 is 15.4 Å². The number of alkyl carbamates (subject to hydrolysis) is 1. The Kier molecular flexibility index (Phi) is 12.0. The van der Waals surface area contributed by atoms with Crippen LogP contribution in [0.2, 0.25) is 0 Å². The van der Waals surface area contributed by atoms with E-state index in [0.29, 0.717) is 30.8 Å². The van der Waals surface area contributed by atoms with Gasteiger partial charge in [-0.25, -0.2) is 14.8 Å². The van der Waals surface area contributed by atoms with Crippen LogP contribution in [0.1, 0.15) is 62.0 Å². The number of fused-ring (bicyclic) bond motifs is 1. The molecule has 0 spiro atoms. The molecule has 4 aromatic rings. The first-order chi connectivity index (χ1) is 21.1. The van der Waals surface area contributed by atoms with Gasteiger partial charge in [-0.3, -0.25) is 0 Å². The quantitative estimate of drug-likeness (QED) is 0.196. The predicted octanol–water partition coefficient (Wildman–Crippen LogP) is 8.45. The summed E-state index contributed by atoms with van der Waals surface area (Å²) in [7, 11) is 3.17.